The lowest BCUT2D eigenvalue weighted by molar-refractivity contribution is -0.132. The van der Waals surface area contributed by atoms with Gasteiger partial charge in [0.2, 0.25) is 0 Å². The Morgan fingerprint density at radius 2 is 1.61 bits per heavy atom. The third kappa shape index (κ3) is 7.57. The number of aromatic carboxylic acids is 1. The van der Waals surface area contributed by atoms with Gasteiger partial charge < -0.3 is 29.2 Å². The molecule has 1 heterocycles. The van der Waals surface area contributed by atoms with Crippen LogP contribution in [0.2, 0.25) is 0 Å². The molecule has 0 bridgehead atoms. The first-order chi connectivity index (χ1) is 21.3. The van der Waals surface area contributed by atoms with Gasteiger partial charge in [-0.3, -0.25) is 4.68 Å². The Bertz CT molecular complexity index is 1630. The van der Waals surface area contributed by atoms with Gasteiger partial charge in [-0.15, -0.1) is 0 Å². The van der Waals surface area contributed by atoms with E-state index < -0.39 is 11.9 Å². The molecule has 4 rings (SSSR count). The van der Waals surface area contributed by atoms with Crippen molar-refractivity contribution in [3.63, 3.8) is 0 Å². The molecule has 0 atom stereocenters. The molecule has 0 aliphatic heterocycles. The molecule has 2 N–H and O–H groups in total. The second kappa shape index (κ2) is 14.8. The van der Waals surface area contributed by atoms with Crippen LogP contribution in [-0.2, 0) is 24.4 Å². The zero-order valence-electron chi connectivity index (χ0n) is 25.2. The average Bonchev–Trinajstić information content (AvgIpc) is 3.43. The number of carbonyl (C=O) groups is 2. The number of aliphatic carboxylic acids is 1. The Kier molecular flexibility index (Phi) is 10.6. The smallest absolute Gasteiger partial charge is 0.336 e. The van der Waals surface area contributed by atoms with Crippen LogP contribution in [0, 0.1) is 0 Å². The fraction of sp³-hybridized carbons (Fsp3) is 0.265. The lowest BCUT2D eigenvalue weighted by Crippen LogP contribution is -2.08. The third-order valence-electron chi connectivity index (χ3n) is 7.08. The molecule has 0 spiro atoms. The average molecular weight is 601 g/mol. The van der Waals surface area contributed by atoms with Crippen molar-refractivity contribution in [3.05, 3.63) is 94.7 Å². The molecule has 3 aromatic carbocycles. The Morgan fingerprint density at radius 3 is 2.25 bits per heavy atom. The minimum absolute atomic E-state index is 0.00500. The van der Waals surface area contributed by atoms with Gasteiger partial charge in [-0.2, -0.15) is 5.10 Å². The zero-order valence-corrected chi connectivity index (χ0v) is 25.2. The number of nitrogens with zero attached hydrogens (tertiary/aromatic N) is 2. The molecule has 230 valence electrons. The quantitative estimate of drug-likeness (QED) is 0.150. The van der Waals surface area contributed by atoms with E-state index in [-0.39, 0.29) is 24.2 Å². The molecule has 10 heteroatoms. The van der Waals surface area contributed by atoms with Crippen molar-refractivity contribution in [2.24, 2.45) is 0 Å². The highest BCUT2D eigenvalue weighted by molar-refractivity contribution is 5.94. The second-order valence-corrected chi connectivity index (χ2v) is 10.0. The maximum absolute atomic E-state index is 12.5. The summed E-state index contributed by atoms with van der Waals surface area (Å²) in [6.07, 6.45) is 5.16. The van der Waals surface area contributed by atoms with Crippen LogP contribution in [0.5, 0.6) is 23.0 Å². The molecule has 0 fully saturated rings. The fourth-order valence-electron chi connectivity index (χ4n) is 4.80. The standard InChI is InChI=1S/C34H36N2O8/c1-5-6-13-36-32(25(20-35-36)17-24(33(37)38)14-22-15-27(42-3)18-28(16-22)43-4)30-12-11-26(41-2)19-31(30)44-21-23-9-7-8-10-29(23)34(39)40/h7-12,15-20H,5-6,13-14,21H2,1-4H3,(H,37,38)(H,39,40). The Morgan fingerprint density at radius 1 is 0.909 bits per heavy atom. The number of carboxylic acids is 2. The molecule has 0 amide bonds. The van der Waals surface area contributed by atoms with Crippen LogP contribution >= 0.6 is 0 Å². The minimum atomic E-state index is -1.07. The summed E-state index contributed by atoms with van der Waals surface area (Å²) >= 11 is 0. The molecular formula is C34H36N2O8. The molecule has 0 saturated carbocycles. The molecule has 0 aliphatic carbocycles. The van der Waals surface area contributed by atoms with Crippen LogP contribution in [-0.4, -0.2) is 53.3 Å². The van der Waals surface area contributed by atoms with Crippen molar-refractivity contribution in [2.75, 3.05) is 21.3 Å². The Labute approximate surface area is 256 Å². The van der Waals surface area contributed by atoms with E-state index in [1.807, 2.05) is 10.7 Å². The molecular weight excluding hydrogens is 564 g/mol. The van der Waals surface area contributed by atoms with Gasteiger partial charge in [0.05, 0.1) is 38.8 Å². The van der Waals surface area contributed by atoms with Crippen LogP contribution in [0.15, 0.2) is 72.4 Å². The van der Waals surface area contributed by atoms with Crippen LogP contribution in [0.4, 0.5) is 0 Å². The highest BCUT2D eigenvalue weighted by Crippen LogP contribution is 2.37. The van der Waals surface area contributed by atoms with Crippen molar-refractivity contribution in [3.8, 4) is 34.3 Å². The van der Waals surface area contributed by atoms with Crippen molar-refractivity contribution in [2.45, 2.75) is 39.3 Å². The van der Waals surface area contributed by atoms with E-state index in [2.05, 4.69) is 12.0 Å². The maximum Gasteiger partial charge on any atom is 0.336 e. The zero-order chi connectivity index (χ0) is 31.6. The van der Waals surface area contributed by atoms with Gasteiger partial charge in [-0.25, -0.2) is 9.59 Å². The molecule has 44 heavy (non-hydrogen) atoms. The van der Waals surface area contributed by atoms with Gasteiger partial charge in [-0.1, -0.05) is 31.5 Å². The number of carboxylic acid groups (broad SMARTS) is 2. The minimum Gasteiger partial charge on any atom is -0.497 e. The van der Waals surface area contributed by atoms with Gasteiger partial charge in [0, 0.05) is 47.4 Å². The molecule has 0 aliphatic rings. The predicted octanol–water partition coefficient (Wildman–Crippen LogP) is 6.36. The van der Waals surface area contributed by atoms with Crippen LogP contribution in [0.25, 0.3) is 17.3 Å². The lowest BCUT2D eigenvalue weighted by Gasteiger charge is -2.16. The van der Waals surface area contributed by atoms with Crippen molar-refractivity contribution in [1.82, 2.24) is 9.78 Å². The second-order valence-electron chi connectivity index (χ2n) is 10.0. The van der Waals surface area contributed by atoms with Gasteiger partial charge in [0.15, 0.2) is 0 Å². The molecule has 0 unspecified atom stereocenters. The van der Waals surface area contributed by atoms with Gasteiger partial charge in [-0.05, 0) is 48.4 Å². The first-order valence-corrected chi connectivity index (χ1v) is 14.1. The van der Waals surface area contributed by atoms with E-state index >= 15 is 0 Å². The number of aromatic nitrogens is 2. The number of unbranched alkanes of at least 4 members (excludes halogenated alkanes) is 1. The number of hydrogen-bond donors (Lipinski definition) is 2. The van der Waals surface area contributed by atoms with E-state index in [4.69, 9.17) is 18.9 Å². The monoisotopic (exact) mass is 600 g/mol. The lowest BCUT2D eigenvalue weighted by atomic mass is 10.00. The number of ether oxygens (including phenoxy) is 4. The van der Waals surface area contributed by atoms with Crippen molar-refractivity contribution in [1.29, 1.82) is 0 Å². The summed E-state index contributed by atoms with van der Waals surface area (Å²) in [7, 11) is 4.63. The summed E-state index contributed by atoms with van der Waals surface area (Å²) in [5, 5.41) is 24.5. The summed E-state index contributed by atoms with van der Waals surface area (Å²) in [6, 6.07) is 17.3. The van der Waals surface area contributed by atoms with E-state index in [1.54, 1.807) is 67.9 Å². The molecule has 10 nitrogen and oxygen atoms in total. The number of hydrogen-bond acceptors (Lipinski definition) is 7. The topological polar surface area (TPSA) is 129 Å². The van der Waals surface area contributed by atoms with Gasteiger partial charge in [0.25, 0.3) is 0 Å². The van der Waals surface area contributed by atoms with Crippen molar-refractivity contribution >= 4 is 18.0 Å². The highest BCUT2D eigenvalue weighted by Gasteiger charge is 2.20. The highest BCUT2D eigenvalue weighted by atomic mass is 16.5. The number of aryl methyl sites for hydroxylation is 1. The van der Waals surface area contributed by atoms with Crippen LogP contribution < -0.4 is 18.9 Å². The number of methoxy groups -OCH3 is 3. The first kappa shape index (κ1) is 31.7. The number of benzene rings is 3. The van der Waals surface area contributed by atoms with E-state index in [0.29, 0.717) is 57.5 Å². The Hall–Kier alpha value is -5.25. The largest absolute Gasteiger partial charge is 0.497 e. The summed E-state index contributed by atoms with van der Waals surface area (Å²) < 4.78 is 24.3. The van der Waals surface area contributed by atoms with E-state index in [0.717, 1.165) is 12.8 Å². The van der Waals surface area contributed by atoms with Gasteiger partial charge >= 0.3 is 11.9 Å². The molecule has 0 radical (unpaired) electrons. The van der Waals surface area contributed by atoms with Gasteiger partial charge in [0.1, 0.15) is 29.6 Å². The van der Waals surface area contributed by atoms with Crippen LogP contribution in [0.3, 0.4) is 0 Å². The SMILES string of the molecule is CCCCn1ncc(C=C(Cc2cc(OC)cc(OC)c2)C(=O)O)c1-c1ccc(OC)cc1OCc1ccccc1C(=O)O. The maximum atomic E-state index is 12.5. The number of rotatable bonds is 15. The summed E-state index contributed by atoms with van der Waals surface area (Å²) in [6.45, 7) is 2.67. The fourth-order valence-corrected chi connectivity index (χ4v) is 4.80. The third-order valence-corrected chi connectivity index (χ3v) is 7.08. The summed E-state index contributed by atoms with van der Waals surface area (Å²) in [5.41, 5.74) is 3.43. The van der Waals surface area contributed by atoms with E-state index in [1.165, 1.54) is 20.3 Å². The van der Waals surface area contributed by atoms with E-state index in [9.17, 15) is 19.8 Å². The first-order valence-electron chi connectivity index (χ1n) is 14.1. The summed E-state index contributed by atoms with van der Waals surface area (Å²) in [4.78, 5) is 24.3. The normalized spacial score (nSPS) is 11.2. The predicted molar refractivity (Wildman–Crippen MR) is 166 cm³/mol. The Balaban J connectivity index is 1.81. The van der Waals surface area contributed by atoms with Crippen LogP contribution in [0.1, 0.15) is 46.8 Å². The molecule has 4 aromatic rings. The van der Waals surface area contributed by atoms with Crippen molar-refractivity contribution < 1.29 is 38.7 Å². The molecule has 0 saturated heterocycles. The summed E-state index contributed by atoms with van der Waals surface area (Å²) in [5.74, 6) is -0.0224. The molecule has 1 aromatic heterocycles.